The molecule has 0 aliphatic heterocycles. The molecule has 0 spiro atoms. The van der Waals surface area contributed by atoms with Crippen molar-refractivity contribution in [3.8, 4) is 0 Å². The molecule has 0 heterocycles. The van der Waals surface area contributed by atoms with E-state index >= 15 is 0 Å². The summed E-state index contributed by atoms with van der Waals surface area (Å²) in [5.74, 6) is 1.11. The standard InChI is InChI=1S/C8H17N3O/c1-2-7(8(9)11-12)10-5-6-3-4-6/h6-7,10,12H,2-5H2,1H3,(H2,9,11). The van der Waals surface area contributed by atoms with Gasteiger partial charge in [0, 0.05) is 0 Å². The van der Waals surface area contributed by atoms with Crippen molar-refractivity contribution in [1.29, 1.82) is 0 Å². The largest absolute Gasteiger partial charge is 0.409 e. The second kappa shape index (κ2) is 4.30. The number of rotatable bonds is 5. The number of hydrogen-bond donors (Lipinski definition) is 3. The highest BCUT2D eigenvalue weighted by atomic mass is 16.4. The third-order valence-corrected chi connectivity index (χ3v) is 2.23. The van der Waals surface area contributed by atoms with Crippen LogP contribution in [0.2, 0.25) is 0 Å². The van der Waals surface area contributed by atoms with Gasteiger partial charge in [-0.15, -0.1) is 0 Å². The Kier molecular flexibility index (Phi) is 3.34. The van der Waals surface area contributed by atoms with E-state index in [1.165, 1.54) is 12.8 Å². The molecule has 0 aromatic heterocycles. The van der Waals surface area contributed by atoms with Crippen LogP contribution in [0.3, 0.4) is 0 Å². The Morgan fingerprint density at radius 1 is 1.75 bits per heavy atom. The highest BCUT2D eigenvalue weighted by Gasteiger charge is 2.22. The van der Waals surface area contributed by atoms with Gasteiger partial charge in [-0.25, -0.2) is 0 Å². The van der Waals surface area contributed by atoms with Gasteiger partial charge in [0.05, 0.1) is 6.04 Å². The first kappa shape index (κ1) is 9.32. The van der Waals surface area contributed by atoms with E-state index in [2.05, 4.69) is 10.5 Å². The summed E-state index contributed by atoms with van der Waals surface area (Å²) in [7, 11) is 0. The SMILES string of the molecule is CCC(NCC1CC1)C(N)=NO. The van der Waals surface area contributed by atoms with Crippen LogP contribution >= 0.6 is 0 Å². The van der Waals surface area contributed by atoms with Gasteiger partial charge in [-0.2, -0.15) is 0 Å². The molecule has 0 aromatic carbocycles. The number of nitrogens with two attached hydrogens (primary N) is 1. The van der Waals surface area contributed by atoms with E-state index in [9.17, 15) is 0 Å². The van der Waals surface area contributed by atoms with E-state index in [1.54, 1.807) is 0 Å². The Balaban J connectivity index is 2.23. The highest BCUT2D eigenvalue weighted by molar-refractivity contribution is 5.85. The van der Waals surface area contributed by atoms with E-state index in [4.69, 9.17) is 10.9 Å². The molecule has 0 aromatic rings. The number of nitrogens with one attached hydrogen (secondary N) is 1. The Bertz CT molecular complexity index is 166. The number of oxime groups is 1. The zero-order valence-corrected chi connectivity index (χ0v) is 7.45. The monoisotopic (exact) mass is 171 g/mol. The minimum Gasteiger partial charge on any atom is -0.409 e. The number of hydrogen-bond acceptors (Lipinski definition) is 3. The van der Waals surface area contributed by atoms with Crippen LogP contribution in [-0.2, 0) is 0 Å². The Labute approximate surface area is 72.8 Å². The maximum Gasteiger partial charge on any atom is 0.156 e. The highest BCUT2D eigenvalue weighted by Crippen LogP contribution is 2.27. The van der Waals surface area contributed by atoms with Crippen LogP contribution in [0.1, 0.15) is 26.2 Å². The fourth-order valence-electron chi connectivity index (χ4n) is 1.16. The Hall–Kier alpha value is -0.770. The van der Waals surface area contributed by atoms with Gasteiger partial charge >= 0.3 is 0 Å². The second-order valence-electron chi connectivity index (χ2n) is 3.34. The molecule has 4 nitrogen and oxygen atoms in total. The van der Waals surface area contributed by atoms with Crippen molar-refractivity contribution >= 4 is 5.84 Å². The molecule has 0 saturated heterocycles. The molecule has 4 heteroatoms. The topological polar surface area (TPSA) is 70.6 Å². The molecule has 1 fully saturated rings. The first-order valence-electron chi connectivity index (χ1n) is 4.48. The molecular weight excluding hydrogens is 154 g/mol. The molecule has 1 unspecified atom stereocenters. The minimum atomic E-state index is 0.0376. The smallest absolute Gasteiger partial charge is 0.156 e. The van der Waals surface area contributed by atoms with Crippen molar-refractivity contribution in [3.05, 3.63) is 0 Å². The first-order chi connectivity index (χ1) is 5.77. The number of nitrogens with zero attached hydrogens (tertiary/aromatic N) is 1. The summed E-state index contributed by atoms with van der Waals surface area (Å²) in [6.07, 6.45) is 3.50. The summed E-state index contributed by atoms with van der Waals surface area (Å²) in [5, 5.41) is 14.7. The molecule has 12 heavy (non-hydrogen) atoms. The zero-order valence-electron chi connectivity index (χ0n) is 7.45. The van der Waals surface area contributed by atoms with E-state index < -0.39 is 0 Å². The van der Waals surface area contributed by atoms with E-state index in [-0.39, 0.29) is 11.9 Å². The summed E-state index contributed by atoms with van der Waals surface area (Å²) >= 11 is 0. The molecule has 70 valence electrons. The van der Waals surface area contributed by atoms with Crippen molar-refractivity contribution < 1.29 is 5.21 Å². The van der Waals surface area contributed by atoms with E-state index in [0.717, 1.165) is 18.9 Å². The third kappa shape index (κ3) is 2.70. The second-order valence-corrected chi connectivity index (χ2v) is 3.34. The van der Waals surface area contributed by atoms with Crippen LogP contribution in [0.15, 0.2) is 5.16 Å². The fourth-order valence-corrected chi connectivity index (χ4v) is 1.16. The quantitative estimate of drug-likeness (QED) is 0.244. The molecule has 1 aliphatic rings. The lowest BCUT2D eigenvalue weighted by Crippen LogP contribution is -2.41. The fraction of sp³-hybridized carbons (Fsp3) is 0.875. The van der Waals surface area contributed by atoms with Gasteiger partial charge in [0.15, 0.2) is 5.84 Å². The molecular formula is C8H17N3O. The van der Waals surface area contributed by atoms with Gasteiger partial charge in [0.1, 0.15) is 0 Å². The predicted octanol–water partition coefficient (Wildman–Crippen LogP) is 0.511. The van der Waals surface area contributed by atoms with E-state index in [1.807, 2.05) is 6.92 Å². The first-order valence-corrected chi connectivity index (χ1v) is 4.48. The van der Waals surface area contributed by atoms with E-state index in [0.29, 0.717) is 0 Å². The molecule has 4 N–H and O–H groups in total. The van der Waals surface area contributed by atoms with Crippen LogP contribution in [-0.4, -0.2) is 23.6 Å². The Morgan fingerprint density at radius 3 is 2.83 bits per heavy atom. The normalized spacial score (nSPS) is 20.9. The third-order valence-electron chi connectivity index (χ3n) is 2.23. The van der Waals surface area contributed by atoms with Crippen LogP contribution in [0.4, 0.5) is 0 Å². The van der Waals surface area contributed by atoms with Gasteiger partial charge < -0.3 is 16.3 Å². The molecule has 0 bridgehead atoms. The molecule has 0 amide bonds. The maximum absolute atomic E-state index is 8.44. The average Bonchev–Trinajstić information content (AvgIpc) is 2.88. The van der Waals surface area contributed by atoms with Gasteiger partial charge in [-0.1, -0.05) is 12.1 Å². The van der Waals surface area contributed by atoms with Gasteiger partial charge in [0.2, 0.25) is 0 Å². The van der Waals surface area contributed by atoms with Crippen LogP contribution in [0.5, 0.6) is 0 Å². The summed E-state index contributed by atoms with van der Waals surface area (Å²) in [5.41, 5.74) is 5.47. The lowest BCUT2D eigenvalue weighted by Gasteiger charge is -2.14. The molecule has 0 radical (unpaired) electrons. The van der Waals surface area contributed by atoms with Crippen molar-refractivity contribution in [1.82, 2.24) is 5.32 Å². The van der Waals surface area contributed by atoms with Gasteiger partial charge in [0.25, 0.3) is 0 Å². The number of amidine groups is 1. The van der Waals surface area contributed by atoms with Crippen LogP contribution in [0.25, 0.3) is 0 Å². The maximum atomic E-state index is 8.44. The molecule has 1 saturated carbocycles. The van der Waals surface area contributed by atoms with Crippen molar-refractivity contribution in [2.75, 3.05) is 6.54 Å². The van der Waals surface area contributed by atoms with Gasteiger partial charge in [-0.3, -0.25) is 0 Å². The average molecular weight is 171 g/mol. The lowest BCUT2D eigenvalue weighted by atomic mass is 10.2. The lowest BCUT2D eigenvalue weighted by molar-refractivity contribution is 0.314. The van der Waals surface area contributed by atoms with Crippen LogP contribution in [0, 0.1) is 5.92 Å². The van der Waals surface area contributed by atoms with Crippen LogP contribution < -0.4 is 11.1 Å². The Morgan fingerprint density at radius 2 is 2.42 bits per heavy atom. The van der Waals surface area contributed by atoms with Crippen molar-refractivity contribution in [2.45, 2.75) is 32.2 Å². The zero-order chi connectivity index (χ0) is 8.97. The summed E-state index contributed by atoms with van der Waals surface area (Å²) < 4.78 is 0. The predicted molar refractivity (Wildman–Crippen MR) is 48.2 cm³/mol. The summed E-state index contributed by atoms with van der Waals surface area (Å²) in [4.78, 5) is 0. The molecule has 1 aliphatic carbocycles. The van der Waals surface area contributed by atoms with Gasteiger partial charge in [-0.05, 0) is 31.7 Å². The summed E-state index contributed by atoms with van der Waals surface area (Å²) in [6.45, 7) is 3.01. The molecule has 1 atom stereocenters. The van der Waals surface area contributed by atoms with Crippen molar-refractivity contribution in [2.24, 2.45) is 16.8 Å². The molecule has 1 rings (SSSR count). The minimum absolute atomic E-state index is 0.0376. The summed E-state index contributed by atoms with van der Waals surface area (Å²) in [6, 6.07) is 0.0376. The van der Waals surface area contributed by atoms with Crippen molar-refractivity contribution in [3.63, 3.8) is 0 Å².